The molecule has 0 radical (unpaired) electrons. The van der Waals surface area contributed by atoms with E-state index in [4.69, 9.17) is 4.84 Å². The summed E-state index contributed by atoms with van der Waals surface area (Å²) in [5.74, 6) is -2.30. The van der Waals surface area contributed by atoms with E-state index in [9.17, 15) is 29.3 Å². The van der Waals surface area contributed by atoms with Gasteiger partial charge in [-0.25, -0.2) is 9.78 Å². The van der Waals surface area contributed by atoms with Crippen molar-refractivity contribution in [1.29, 1.82) is 0 Å². The number of hydroxylamine groups is 2. The van der Waals surface area contributed by atoms with Crippen LogP contribution in [-0.2, 0) is 30.4 Å². The number of non-ortho nitro benzene ring substituents is 1. The van der Waals surface area contributed by atoms with Crippen LogP contribution in [0.1, 0.15) is 31.2 Å². The van der Waals surface area contributed by atoms with Crippen LogP contribution in [0.5, 0.6) is 0 Å². The fourth-order valence-corrected chi connectivity index (χ4v) is 4.41. The molecule has 1 aliphatic rings. The fraction of sp³-hybridized carbons (Fsp3) is 0.292. The van der Waals surface area contributed by atoms with E-state index in [2.05, 4.69) is 15.2 Å². The number of carbonyl (C=O) groups excluding carboxylic acids is 4. The third kappa shape index (κ3) is 6.21. The lowest BCUT2D eigenvalue weighted by Gasteiger charge is -2.15. The minimum absolute atomic E-state index is 0.0124. The second-order valence-electron chi connectivity index (χ2n) is 8.57. The molecule has 0 atom stereocenters. The number of Topliss-reactive ketones (excluding diaryl/α,β-unsaturated/α-hetero) is 1. The van der Waals surface area contributed by atoms with E-state index in [-0.39, 0.29) is 43.6 Å². The zero-order chi connectivity index (χ0) is 27.4. The molecule has 0 aliphatic carbocycles. The Balaban J connectivity index is 1.46. The van der Waals surface area contributed by atoms with Gasteiger partial charge in [0.15, 0.2) is 0 Å². The van der Waals surface area contributed by atoms with Crippen LogP contribution in [0.4, 0.5) is 22.2 Å². The van der Waals surface area contributed by atoms with Gasteiger partial charge in [-0.05, 0) is 29.8 Å². The lowest BCUT2D eigenvalue weighted by Crippen LogP contribution is -2.32. The van der Waals surface area contributed by atoms with Gasteiger partial charge in [0.1, 0.15) is 5.78 Å². The molecule has 38 heavy (non-hydrogen) atoms. The van der Waals surface area contributed by atoms with E-state index in [1.54, 1.807) is 18.2 Å². The molecule has 1 fully saturated rings. The zero-order valence-corrected chi connectivity index (χ0v) is 21.3. The first-order valence-electron chi connectivity index (χ1n) is 11.5. The van der Waals surface area contributed by atoms with Crippen LogP contribution in [-0.4, -0.2) is 52.6 Å². The summed E-state index contributed by atoms with van der Waals surface area (Å²) < 4.78 is 0.593. The summed E-state index contributed by atoms with van der Waals surface area (Å²) >= 11 is 1.15. The molecule has 1 aromatic heterocycles. The maximum absolute atomic E-state index is 12.7. The number of amides is 2. The standard InChI is InChI=1S/C24H22N6O7S/c1-28(2)15-3-6-18(26-27-24-25-19-7-4-16(30(35)36)13-20(19)38-24)14(11-15)12-17(31)5-10-23(34)37-29-21(32)8-9-22(29)33/h3-4,6-7,11,13H,5,8-10,12H2,1-2H3. The number of benzene rings is 2. The van der Waals surface area contributed by atoms with Gasteiger partial charge in [0.2, 0.25) is 5.13 Å². The van der Waals surface area contributed by atoms with E-state index in [1.165, 1.54) is 12.1 Å². The normalized spacial score (nSPS) is 13.5. The average Bonchev–Trinajstić information content (AvgIpc) is 3.43. The number of imide groups is 1. The topological polar surface area (TPSA) is 165 Å². The summed E-state index contributed by atoms with van der Waals surface area (Å²) in [6.45, 7) is 0. The SMILES string of the molecule is CN(C)c1ccc(N=Nc2nc3ccc([N+](=O)[O-])cc3s2)c(CC(=O)CCC(=O)ON2C(=O)CCC2=O)c1. The molecule has 2 amide bonds. The molecule has 13 nitrogen and oxygen atoms in total. The molecular weight excluding hydrogens is 516 g/mol. The number of hydrogen-bond donors (Lipinski definition) is 0. The van der Waals surface area contributed by atoms with Gasteiger partial charge in [0.25, 0.3) is 17.5 Å². The summed E-state index contributed by atoms with van der Waals surface area (Å²) in [4.78, 5) is 69.4. The van der Waals surface area contributed by atoms with Crippen LogP contribution in [0.25, 0.3) is 10.2 Å². The van der Waals surface area contributed by atoms with Gasteiger partial charge in [-0.2, -0.15) is 0 Å². The number of nitro groups is 1. The predicted octanol–water partition coefficient (Wildman–Crippen LogP) is 4.18. The van der Waals surface area contributed by atoms with Crippen LogP contribution in [0, 0.1) is 10.1 Å². The summed E-state index contributed by atoms with van der Waals surface area (Å²) in [5, 5.41) is 20.2. The molecule has 2 aromatic carbocycles. The van der Waals surface area contributed by atoms with Gasteiger partial charge < -0.3 is 9.74 Å². The average molecular weight is 539 g/mol. The highest BCUT2D eigenvalue weighted by Gasteiger charge is 2.32. The van der Waals surface area contributed by atoms with Gasteiger partial charge in [-0.3, -0.25) is 24.5 Å². The number of nitrogens with zero attached hydrogens (tertiary/aromatic N) is 6. The number of hydrogen-bond acceptors (Lipinski definition) is 12. The van der Waals surface area contributed by atoms with Crippen molar-refractivity contribution in [2.75, 3.05) is 19.0 Å². The molecule has 4 rings (SSSR count). The van der Waals surface area contributed by atoms with Crippen LogP contribution >= 0.6 is 11.3 Å². The van der Waals surface area contributed by atoms with E-state index >= 15 is 0 Å². The van der Waals surface area contributed by atoms with Gasteiger partial charge in [0.05, 0.1) is 27.2 Å². The number of ketones is 1. The first kappa shape index (κ1) is 26.5. The molecule has 0 unspecified atom stereocenters. The summed E-state index contributed by atoms with van der Waals surface area (Å²) in [6.07, 6.45) is -0.521. The number of thiazole rings is 1. The first-order valence-corrected chi connectivity index (χ1v) is 12.3. The Morgan fingerprint density at radius 2 is 1.84 bits per heavy atom. The summed E-state index contributed by atoms with van der Waals surface area (Å²) in [7, 11) is 3.69. The Bertz CT molecular complexity index is 1470. The smallest absolute Gasteiger partial charge is 0.333 e. The maximum Gasteiger partial charge on any atom is 0.333 e. The Morgan fingerprint density at radius 1 is 1.11 bits per heavy atom. The van der Waals surface area contributed by atoms with E-state index < -0.39 is 22.7 Å². The summed E-state index contributed by atoms with van der Waals surface area (Å²) in [6, 6.07) is 9.63. The molecule has 0 N–H and O–H groups in total. The first-order chi connectivity index (χ1) is 18.1. The highest BCUT2D eigenvalue weighted by molar-refractivity contribution is 7.21. The minimum atomic E-state index is -0.847. The Hall–Kier alpha value is -4.59. The van der Waals surface area contributed by atoms with Crippen LogP contribution in [0.15, 0.2) is 46.6 Å². The maximum atomic E-state index is 12.7. The monoisotopic (exact) mass is 538 g/mol. The van der Waals surface area contributed by atoms with Gasteiger partial charge >= 0.3 is 5.97 Å². The van der Waals surface area contributed by atoms with E-state index in [0.29, 0.717) is 31.7 Å². The third-order valence-corrected chi connectivity index (χ3v) is 6.49. The molecule has 14 heteroatoms. The second kappa shape index (κ2) is 11.2. The second-order valence-corrected chi connectivity index (χ2v) is 9.58. The lowest BCUT2D eigenvalue weighted by molar-refractivity contribution is -0.384. The minimum Gasteiger partial charge on any atom is -0.378 e. The zero-order valence-electron chi connectivity index (χ0n) is 20.4. The van der Waals surface area contributed by atoms with E-state index in [0.717, 1.165) is 17.0 Å². The number of aromatic nitrogens is 1. The Labute approximate surface area is 219 Å². The number of nitro benzene ring substituents is 1. The number of anilines is 1. The van der Waals surface area contributed by atoms with Crippen molar-refractivity contribution in [2.45, 2.75) is 32.1 Å². The predicted molar refractivity (Wildman–Crippen MR) is 136 cm³/mol. The number of fused-ring (bicyclic) bond motifs is 1. The molecule has 3 aromatic rings. The van der Waals surface area contributed by atoms with Crippen molar-refractivity contribution in [1.82, 2.24) is 10.0 Å². The lowest BCUT2D eigenvalue weighted by atomic mass is 10.0. The quantitative estimate of drug-likeness (QED) is 0.159. The number of azo groups is 1. The highest BCUT2D eigenvalue weighted by Crippen LogP contribution is 2.33. The molecule has 196 valence electrons. The molecule has 1 aliphatic heterocycles. The van der Waals surface area contributed by atoms with Gasteiger partial charge in [-0.1, -0.05) is 11.3 Å². The molecule has 2 heterocycles. The van der Waals surface area contributed by atoms with Crippen molar-refractivity contribution in [3.63, 3.8) is 0 Å². The molecular formula is C24H22N6O7S. The fourth-order valence-electron chi connectivity index (χ4n) is 3.59. The highest BCUT2D eigenvalue weighted by atomic mass is 32.1. The van der Waals surface area contributed by atoms with Crippen molar-refractivity contribution in [3.05, 3.63) is 52.1 Å². The molecule has 0 bridgehead atoms. The molecule has 0 saturated carbocycles. The molecule has 0 spiro atoms. The number of rotatable bonds is 10. The molecule has 1 saturated heterocycles. The largest absolute Gasteiger partial charge is 0.378 e. The van der Waals surface area contributed by atoms with Crippen molar-refractivity contribution in [3.8, 4) is 0 Å². The van der Waals surface area contributed by atoms with Gasteiger partial charge in [-0.15, -0.1) is 15.3 Å². The van der Waals surface area contributed by atoms with Crippen LogP contribution < -0.4 is 4.90 Å². The summed E-state index contributed by atoms with van der Waals surface area (Å²) in [5.41, 5.74) is 2.32. The Kier molecular flexibility index (Phi) is 7.81. The van der Waals surface area contributed by atoms with Gasteiger partial charge in [0, 0.05) is 57.6 Å². The van der Waals surface area contributed by atoms with Crippen molar-refractivity contribution in [2.24, 2.45) is 10.2 Å². The van der Waals surface area contributed by atoms with Crippen LogP contribution in [0.2, 0.25) is 0 Å². The Morgan fingerprint density at radius 3 is 2.53 bits per heavy atom. The van der Waals surface area contributed by atoms with E-state index in [1.807, 2.05) is 25.1 Å². The van der Waals surface area contributed by atoms with Crippen molar-refractivity contribution < 1.29 is 28.9 Å². The van der Waals surface area contributed by atoms with Crippen LogP contribution in [0.3, 0.4) is 0 Å². The number of carbonyl (C=O) groups is 4. The third-order valence-electron chi connectivity index (χ3n) is 5.59. The van der Waals surface area contributed by atoms with Crippen molar-refractivity contribution >= 4 is 67.3 Å².